The van der Waals surface area contributed by atoms with Gasteiger partial charge in [0.15, 0.2) is 0 Å². The van der Waals surface area contributed by atoms with Crippen molar-refractivity contribution in [1.29, 1.82) is 0 Å². The Kier molecular flexibility index (Phi) is 5.45. The first-order valence-corrected chi connectivity index (χ1v) is 7.31. The highest BCUT2D eigenvalue weighted by Crippen LogP contribution is 2.21. The molecule has 1 N–H and O–H groups in total. The second kappa shape index (κ2) is 7.10. The molecule has 0 radical (unpaired) electrons. The largest absolute Gasteiger partial charge is 0.310 e. The normalized spacial score (nSPS) is 18.3. The lowest BCUT2D eigenvalue weighted by Crippen LogP contribution is -2.29. The van der Waals surface area contributed by atoms with Crippen molar-refractivity contribution in [3.63, 3.8) is 0 Å². The van der Waals surface area contributed by atoms with E-state index in [0.29, 0.717) is 12.6 Å². The summed E-state index contributed by atoms with van der Waals surface area (Å²) in [4.78, 5) is 0. The second-order valence-electron chi connectivity index (χ2n) is 5.14. The van der Waals surface area contributed by atoms with Crippen LogP contribution >= 0.6 is 11.6 Å². The van der Waals surface area contributed by atoms with Crippen LogP contribution in [-0.4, -0.2) is 6.04 Å². The van der Waals surface area contributed by atoms with Gasteiger partial charge >= 0.3 is 0 Å². The van der Waals surface area contributed by atoms with Crippen LogP contribution in [0.5, 0.6) is 0 Å². The molecule has 0 unspecified atom stereocenters. The fraction of sp³-hybridized carbons (Fsp3) is 0.600. The predicted octanol–water partition coefficient (Wildman–Crippen LogP) is 4.68. The number of rotatable bonds is 3. The summed E-state index contributed by atoms with van der Waals surface area (Å²) in [5.74, 6) is -0.325. The Balaban J connectivity index is 1.87. The first kappa shape index (κ1) is 13.8. The van der Waals surface area contributed by atoms with E-state index in [1.165, 1.54) is 51.0 Å². The standard InChI is InChI=1S/C15H21ClFN/c16-15-12(7-6-10-14(15)17)11-18-13-8-4-2-1-3-5-9-13/h6-7,10,13,18H,1-5,8-9,11H2. The minimum Gasteiger partial charge on any atom is -0.310 e. The van der Waals surface area contributed by atoms with Crippen molar-refractivity contribution in [2.75, 3.05) is 0 Å². The Bertz CT molecular complexity index is 373. The zero-order valence-corrected chi connectivity index (χ0v) is 11.5. The molecule has 0 amide bonds. The number of nitrogens with one attached hydrogen (secondary N) is 1. The summed E-state index contributed by atoms with van der Waals surface area (Å²) in [7, 11) is 0. The SMILES string of the molecule is Fc1cccc(CNC2CCCCCCC2)c1Cl. The monoisotopic (exact) mass is 269 g/mol. The highest BCUT2D eigenvalue weighted by molar-refractivity contribution is 6.31. The molecule has 1 aromatic rings. The van der Waals surface area contributed by atoms with Crippen molar-refractivity contribution in [1.82, 2.24) is 5.32 Å². The molecule has 18 heavy (non-hydrogen) atoms. The lowest BCUT2D eigenvalue weighted by atomic mass is 9.96. The maximum Gasteiger partial charge on any atom is 0.142 e. The van der Waals surface area contributed by atoms with Gasteiger partial charge in [-0.25, -0.2) is 4.39 Å². The second-order valence-corrected chi connectivity index (χ2v) is 5.51. The molecule has 0 aromatic heterocycles. The first-order valence-electron chi connectivity index (χ1n) is 6.93. The maximum absolute atomic E-state index is 13.3. The van der Waals surface area contributed by atoms with Gasteiger partial charge in [-0.2, -0.15) is 0 Å². The molecule has 0 bridgehead atoms. The van der Waals surface area contributed by atoms with Crippen molar-refractivity contribution in [2.45, 2.75) is 57.5 Å². The summed E-state index contributed by atoms with van der Waals surface area (Å²) in [6.45, 7) is 0.668. The van der Waals surface area contributed by atoms with E-state index in [9.17, 15) is 4.39 Å². The van der Waals surface area contributed by atoms with Gasteiger partial charge in [-0.1, -0.05) is 55.8 Å². The molecule has 1 aromatic carbocycles. The van der Waals surface area contributed by atoms with Crippen molar-refractivity contribution < 1.29 is 4.39 Å². The summed E-state index contributed by atoms with van der Waals surface area (Å²) in [5.41, 5.74) is 0.860. The average Bonchev–Trinajstić information content (AvgIpc) is 2.32. The van der Waals surface area contributed by atoms with Gasteiger partial charge in [0.1, 0.15) is 5.82 Å². The molecular weight excluding hydrogens is 249 g/mol. The van der Waals surface area contributed by atoms with Gasteiger partial charge in [0.25, 0.3) is 0 Å². The van der Waals surface area contributed by atoms with Crippen LogP contribution in [0.15, 0.2) is 18.2 Å². The minimum atomic E-state index is -0.325. The van der Waals surface area contributed by atoms with Crippen molar-refractivity contribution >= 4 is 11.6 Å². The number of halogens is 2. The van der Waals surface area contributed by atoms with Crippen molar-refractivity contribution in [2.24, 2.45) is 0 Å². The molecular formula is C15H21ClFN. The summed E-state index contributed by atoms with van der Waals surface area (Å²) in [5, 5.41) is 3.78. The molecule has 3 heteroatoms. The molecule has 0 saturated heterocycles. The third-order valence-electron chi connectivity index (χ3n) is 3.72. The highest BCUT2D eigenvalue weighted by Gasteiger charge is 2.12. The summed E-state index contributed by atoms with van der Waals surface area (Å²) in [6, 6.07) is 5.57. The fourth-order valence-corrected chi connectivity index (χ4v) is 2.79. The molecule has 0 atom stereocenters. The van der Waals surface area contributed by atoms with E-state index < -0.39 is 0 Å². The van der Waals surface area contributed by atoms with E-state index in [4.69, 9.17) is 11.6 Å². The van der Waals surface area contributed by atoms with E-state index >= 15 is 0 Å². The third kappa shape index (κ3) is 3.96. The Labute approximate surface area is 114 Å². The molecule has 0 heterocycles. The maximum atomic E-state index is 13.3. The van der Waals surface area contributed by atoms with Gasteiger partial charge in [-0.15, -0.1) is 0 Å². The third-order valence-corrected chi connectivity index (χ3v) is 4.14. The van der Waals surface area contributed by atoms with Crippen molar-refractivity contribution in [3.05, 3.63) is 34.6 Å². The average molecular weight is 270 g/mol. The van der Waals surface area contributed by atoms with Crippen LogP contribution in [0.2, 0.25) is 5.02 Å². The molecule has 1 saturated carbocycles. The van der Waals surface area contributed by atoms with Crippen LogP contribution in [0, 0.1) is 5.82 Å². The summed E-state index contributed by atoms with van der Waals surface area (Å²) in [6.07, 6.45) is 9.13. The predicted molar refractivity (Wildman–Crippen MR) is 74.4 cm³/mol. The van der Waals surface area contributed by atoms with Crippen LogP contribution in [0.4, 0.5) is 4.39 Å². The quantitative estimate of drug-likeness (QED) is 0.840. The molecule has 100 valence electrons. The summed E-state index contributed by atoms with van der Waals surface area (Å²) >= 11 is 5.95. The molecule has 2 rings (SSSR count). The lowest BCUT2D eigenvalue weighted by Gasteiger charge is -2.21. The van der Waals surface area contributed by atoms with Crippen LogP contribution in [0.3, 0.4) is 0 Å². The Hall–Kier alpha value is -0.600. The van der Waals surface area contributed by atoms with E-state index in [1.807, 2.05) is 6.07 Å². The van der Waals surface area contributed by atoms with Crippen LogP contribution in [0.1, 0.15) is 50.5 Å². The molecule has 0 spiro atoms. The van der Waals surface area contributed by atoms with Gasteiger partial charge in [0.2, 0.25) is 0 Å². The van der Waals surface area contributed by atoms with E-state index in [0.717, 1.165) is 5.56 Å². The van der Waals surface area contributed by atoms with Gasteiger partial charge in [0.05, 0.1) is 5.02 Å². The Morgan fingerprint density at radius 1 is 1.11 bits per heavy atom. The number of hydrogen-bond acceptors (Lipinski definition) is 1. The number of hydrogen-bond donors (Lipinski definition) is 1. The van der Waals surface area contributed by atoms with Crippen LogP contribution in [-0.2, 0) is 6.54 Å². The minimum absolute atomic E-state index is 0.260. The Morgan fingerprint density at radius 2 is 1.78 bits per heavy atom. The zero-order chi connectivity index (χ0) is 12.8. The zero-order valence-electron chi connectivity index (χ0n) is 10.7. The Morgan fingerprint density at radius 3 is 2.50 bits per heavy atom. The molecule has 0 aliphatic heterocycles. The van der Waals surface area contributed by atoms with Crippen LogP contribution < -0.4 is 5.32 Å². The summed E-state index contributed by atoms with van der Waals surface area (Å²) < 4.78 is 13.3. The van der Waals surface area contributed by atoms with Crippen molar-refractivity contribution in [3.8, 4) is 0 Å². The molecule has 1 nitrogen and oxygen atoms in total. The topological polar surface area (TPSA) is 12.0 Å². The molecule has 1 fully saturated rings. The fourth-order valence-electron chi connectivity index (χ4n) is 2.60. The van der Waals surface area contributed by atoms with E-state index in [1.54, 1.807) is 6.07 Å². The van der Waals surface area contributed by atoms with E-state index in [-0.39, 0.29) is 10.8 Å². The van der Waals surface area contributed by atoms with E-state index in [2.05, 4.69) is 5.32 Å². The van der Waals surface area contributed by atoms with Gasteiger partial charge in [-0.3, -0.25) is 0 Å². The smallest absolute Gasteiger partial charge is 0.142 e. The lowest BCUT2D eigenvalue weighted by molar-refractivity contribution is 0.389. The van der Waals surface area contributed by atoms with Gasteiger partial charge in [-0.05, 0) is 24.5 Å². The highest BCUT2D eigenvalue weighted by atomic mass is 35.5. The van der Waals surface area contributed by atoms with Gasteiger partial charge in [0, 0.05) is 12.6 Å². The van der Waals surface area contributed by atoms with Gasteiger partial charge < -0.3 is 5.32 Å². The molecule has 1 aliphatic rings. The number of benzene rings is 1. The van der Waals surface area contributed by atoms with Crippen LogP contribution in [0.25, 0.3) is 0 Å². The first-order chi connectivity index (χ1) is 8.77. The molecule has 1 aliphatic carbocycles.